The molecule has 0 amide bonds. The minimum Gasteiger partial charge on any atom is -0.481 e. The average Bonchev–Trinajstić information content (AvgIpc) is 3.02. The number of imidazole rings is 1. The summed E-state index contributed by atoms with van der Waals surface area (Å²) in [6.45, 7) is 6.14. The van der Waals surface area contributed by atoms with Gasteiger partial charge in [-0.05, 0) is 55.2 Å². The zero-order valence-corrected chi connectivity index (χ0v) is 21.1. The number of aryl methyl sites for hydroxylation is 3. The van der Waals surface area contributed by atoms with Gasteiger partial charge < -0.3 is 5.11 Å². The molecule has 0 aliphatic carbocycles. The Morgan fingerprint density at radius 1 is 1.12 bits per heavy atom. The van der Waals surface area contributed by atoms with Crippen molar-refractivity contribution in [3.05, 3.63) is 93.2 Å². The van der Waals surface area contributed by atoms with Crippen LogP contribution >= 0.6 is 21.5 Å². The quantitative estimate of drug-likeness (QED) is 0.287. The Bertz CT molecular complexity index is 1450. The van der Waals surface area contributed by atoms with Crippen molar-refractivity contribution in [2.45, 2.75) is 44.7 Å². The average molecular weight is 492 g/mol. The van der Waals surface area contributed by atoms with Crippen LogP contribution in [-0.2, 0) is 11.3 Å². The number of thiol groups is 1. The number of hydrogen-bond acceptors (Lipinski definition) is 4. The lowest BCUT2D eigenvalue weighted by Crippen LogP contribution is -2.31. The van der Waals surface area contributed by atoms with E-state index in [-0.39, 0.29) is 18.7 Å². The number of carbonyl (C=O) groups is 1. The molecule has 2 aromatic carbocycles. The maximum absolute atomic E-state index is 13.8. The maximum atomic E-state index is 13.8. The minimum atomic E-state index is -0.977. The Kier molecular flexibility index (Phi) is 6.78. The number of nitrogens with zero attached hydrogens (tertiary/aromatic N) is 3. The van der Waals surface area contributed by atoms with E-state index in [4.69, 9.17) is 0 Å². The van der Waals surface area contributed by atoms with Crippen LogP contribution < -0.4 is 5.69 Å². The van der Waals surface area contributed by atoms with Gasteiger partial charge in [0.1, 0.15) is 0 Å². The van der Waals surface area contributed by atoms with E-state index in [0.29, 0.717) is 11.0 Å². The van der Waals surface area contributed by atoms with E-state index in [1.807, 2.05) is 63.2 Å². The molecule has 1 atom stereocenters. The van der Waals surface area contributed by atoms with Crippen LogP contribution in [0.3, 0.4) is 0 Å². The van der Waals surface area contributed by atoms with Crippen LogP contribution in [0.5, 0.6) is 0 Å². The van der Waals surface area contributed by atoms with Gasteiger partial charge in [-0.15, -0.1) is 21.5 Å². The highest BCUT2D eigenvalue weighted by Gasteiger charge is 2.25. The topological polar surface area (TPSA) is 77.1 Å². The Hall–Kier alpha value is -3.15. The molecule has 34 heavy (non-hydrogen) atoms. The number of aliphatic carboxylic acids is 1. The Labute approximate surface area is 205 Å². The van der Waals surface area contributed by atoms with E-state index in [0.717, 1.165) is 38.1 Å². The number of carboxylic acids is 1. The number of benzene rings is 2. The lowest BCUT2D eigenvalue weighted by atomic mass is 10.0. The number of rotatable bonds is 7. The second-order valence-corrected chi connectivity index (χ2v) is 9.62. The molecule has 0 bridgehead atoms. The monoisotopic (exact) mass is 491 g/mol. The van der Waals surface area contributed by atoms with Crippen LogP contribution in [0.4, 0.5) is 0 Å². The van der Waals surface area contributed by atoms with Crippen LogP contribution in [0, 0.1) is 20.8 Å². The van der Waals surface area contributed by atoms with Crippen molar-refractivity contribution in [2.24, 2.45) is 0 Å². The van der Waals surface area contributed by atoms with Crippen molar-refractivity contribution < 1.29 is 9.90 Å². The first kappa shape index (κ1) is 24.0. The van der Waals surface area contributed by atoms with E-state index >= 15 is 0 Å². The Balaban J connectivity index is 1.90. The third kappa shape index (κ3) is 4.59. The van der Waals surface area contributed by atoms with Gasteiger partial charge in [0.25, 0.3) is 0 Å². The molecule has 1 N–H and O–H groups in total. The third-order valence-electron chi connectivity index (χ3n) is 5.93. The molecule has 0 saturated heterocycles. The lowest BCUT2D eigenvalue weighted by molar-refractivity contribution is -0.137. The van der Waals surface area contributed by atoms with Crippen LogP contribution in [-0.4, -0.2) is 30.5 Å². The summed E-state index contributed by atoms with van der Waals surface area (Å²) in [4.78, 5) is 30.9. The second-order valence-electron chi connectivity index (χ2n) is 8.53. The highest BCUT2D eigenvalue weighted by Crippen LogP contribution is 2.27. The smallest absolute Gasteiger partial charge is 0.330 e. The van der Waals surface area contributed by atoms with Gasteiger partial charge in [0.15, 0.2) is 0 Å². The van der Waals surface area contributed by atoms with Gasteiger partial charge in [-0.25, -0.2) is 4.79 Å². The lowest BCUT2D eigenvalue weighted by Gasteiger charge is -2.17. The summed E-state index contributed by atoms with van der Waals surface area (Å²) in [6, 6.07) is 14.5. The molecular formula is C26H26N3O3PS. The minimum absolute atomic E-state index is 0.216. The van der Waals surface area contributed by atoms with Gasteiger partial charge in [0.2, 0.25) is 0 Å². The highest BCUT2D eigenvalue weighted by molar-refractivity contribution is 7.80. The Morgan fingerprint density at radius 3 is 2.47 bits per heavy atom. The fourth-order valence-electron chi connectivity index (χ4n) is 4.50. The highest BCUT2D eigenvalue weighted by atomic mass is 32.1. The maximum Gasteiger partial charge on any atom is 0.330 e. The molecule has 6 nitrogen and oxygen atoms in total. The molecule has 0 aliphatic heterocycles. The van der Waals surface area contributed by atoms with Crippen molar-refractivity contribution >= 4 is 43.8 Å². The first-order valence-electron chi connectivity index (χ1n) is 10.9. The van der Waals surface area contributed by atoms with Crippen molar-refractivity contribution in [1.29, 1.82) is 0 Å². The van der Waals surface area contributed by atoms with E-state index in [1.165, 1.54) is 0 Å². The largest absolute Gasteiger partial charge is 0.481 e. The fourth-order valence-corrected chi connectivity index (χ4v) is 5.61. The van der Waals surface area contributed by atoms with E-state index in [9.17, 15) is 14.7 Å². The van der Waals surface area contributed by atoms with E-state index < -0.39 is 12.0 Å². The summed E-state index contributed by atoms with van der Waals surface area (Å²) in [5.74, 6) is -0.977. The standard InChI is InChI=1S/C26H26N3O3PS/c1-15-9-16(2)25(23(34)10-15)22(33)14-28-21-13-27-17(3)11-20(21)29(26(28)32)19(12-24(30)31)18-7-5-4-6-8-18/h4-11,13,19,33-34H,12,14H2,1-3H3,(H,30,31). The molecular weight excluding hydrogens is 465 g/mol. The predicted molar refractivity (Wildman–Crippen MR) is 141 cm³/mol. The predicted octanol–water partition coefficient (Wildman–Crippen LogP) is 4.84. The molecule has 2 heterocycles. The molecule has 0 fully saturated rings. The molecule has 0 radical (unpaired) electrons. The second kappa shape index (κ2) is 9.61. The third-order valence-corrected chi connectivity index (χ3v) is 6.69. The first-order valence-corrected chi connectivity index (χ1v) is 11.8. The zero-order valence-electron chi connectivity index (χ0n) is 19.2. The molecule has 8 heteroatoms. The molecule has 0 spiro atoms. The molecule has 0 saturated carbocycles. The summed E-state index contributed by atoms with van der Waals surface area (Å²) < 4.78 is 3.21. The summed E-state index contributed by atoms with van der Waals surface area (Å²) in [7, 11) is 3.76. The molecule has 0 aliphatic rings. The fraction of sp³-hybridized carbons (Fsp3) is 0.231. The van der Waals surface area contributed by atoms with E-state index in [2.05, 4.69) is 32.5 Å². The van der Waals surface area contributed by atoms with Crippen LogP contribution in [0.2, 0.25) is 0 Å². The first-order chi connectivity index (χ1) is 16.2. The normalized spacial score (nSPS) is 12.1. The van der Waals surface area contributed by atoms with Crippen LogP contribution in [0.25, 0.3) is 11.0 Å². The number of pyridine rings is 1. The van der Waals surface area contributed by atoms with Gasteiger partial charge in [0.05, 0.1) is 36.2 Å². The van der Waals surface area contributed by atoms with E-state index in [1.54, 1.807) is 15.3 Å². The molecule has 174 valence electrons. The van der Waals surface area contributed by atoms with Crippen molar-refractivity contribution in [3.63, 3.8) is 0 Å². The summed E-state index contributed by atoms with van der Waals surface area (Å²) >= 11 is 4.66. The number of aromatic nitrogens is 3. The van der Waals surface area contributed by atoms with Crippen molar-refractivity contribution in [3.8, 4) is 0 Å². The molecule has 4 aromatic rings. The van der Waals surface area contributed by atoms with Gasteiger partial charge in [-0.2, -0.15) is 0 Å². The summed E-state index contributed by atoms with van der Waals surface area (Å²) in [6.07, 6.45) is 1.46. The number of fused-ring (bicyclic) bond motifs is 1. The molecule has 1 unspecified atom stereocenters. The Morgan fingerprint density at radius 2 is 1.82 bits per heavy atom. The van der Waals surface area contributed by atoms with Gasteiger partial charge in [0, 0.05) is 15.9 Å². The SMILES string of the molecule is Cc1cc(C)c(C(=P)Cn2c(=O)n(C(CC(=O)O)c3ccccc3)c3cc(C)ncc32)c(S)c1. The summed E-state index contributed by atoms with van der Waals surface area (Å²) in [5.41, 5.74) is 5.60. The molecule has 4 rings (SSSR count). The van der Waals surface area contributed by atoms with Crippen LogP contribution in [0.1, 0.15) is 40.4 Å². The number of carboxylic acid groups (broad SMARTS) is 1. The zero-order chi connectivity index (χ0) is 24.6. The van der Waals surface area contributed by atoms with Gasteiger partial charge in [-0.3, -0.25) is 18.9 Å². The van der Waals surface area contributed by atoms with Gasteiger partial charge >= 0.3 is 11.7 Å². The molecule has 2 aromatic heterocycles. The van der Waals surface area contributed by atoms with Crippen LogP contribution in [0.15, 0.2) is 64.4 Å². The van der Waals surface area contributed by atoms with Crippen molar-refractivity contribution in [2.75, 3.05) is 0 Å². The summed E-state index contributed by atoms with van der Waals surface area (Å²) in [5, 5.41) is 10.5. The number of hydrogen-bond donors (Lipinski definition) is 2. The van der Waals surface area contributed by atoms with Crippen molar-refractivity contribution in [1.82, 2.24) is 14.1 Å². The van der Waals surface area contributed by atoms with Gasteiger partial charge in [-0.1, -0.05) is 36.4 Å².